The zero-order valence-electron chi connectivity index (χ0n) is 16.3. The van der Waals surface area contributed by atoms with Crippen molar-refractivity contribution in [1.29, 1.82) is 5.26 Å². The highest BCUT2D eigenvalue weighted by Crippen LogP contribution is 2.51. The van der Waals surface area contributed by atoms with E-state index in [0.717, 1.165) is 11.0 Å². The number of nitriles is 1. The average molecular weight is 422 g/mol. The molecule has 15 heteroatoms. The molecule has 7 N–H and O–H groups in total. The van der Waals surface area contributed by atoms with E-state index in [1.54, 1.807) is 6.07 Å². The molecule has 1 aliphatic rings. The molecule has 1 fully saturated rings. The summed E-state index contributed by atoms with van der Waals surface area (Å²) in [4.78, 5) is 18.9. The number of hydrogen-bond donors (Lipinski definition) is 6. The highest BCUT2D eigenvalue weighted by Gasteiger charge is 2.75. The summed E-state index contributed by atoms with van der Waals surface area (Å²) in [6, 6.07) is 1.75. The molecule has 4 unspecified atom stereocenters. The Balaban J connectivity index is 0.00000107. The molecule has 0 aliphatic heterocycles. The lowest BCUT2D eigenvalue weighted by Gasteiger charge is -2.41. The molecule has 6 radical (unpaired) electrons. The van der Waals surface area contributed by atoms with Gasteiger partial charge in [-0.2, -0.15) is 10.4 Å². The number of hydrogen-bond acceptors (Lipinski definition) is 11. The number of nitrogens with zero attached hydrogens (tertiary/aromatic N) is 5. The van der Waals surface area contributed by atoms with Crippen LogP contribution in [-0.2, 0) is 6.54 Å². The van der Waals surface area contributed by atoms with Crippen LogP contribution >= 0.6 is 0 Å². The molecule has 0 amide bonds. The van der Waals surface area contributed by atoms with Gasteiger partial charge in [-0.25, -0.2) is 9.97 Å². The Hall–Kier alpha value is -2.76. The van der Waals surface area contributed by atoms with E-state index in [-0.39, 0.29) is 17.1 Å². The van der Waals surface area contributed by atoms with E-state index in [1.807, 2.05) is 0 Å². The van der Waals surface area contributed by atoms with Gasteiger partial charge in [-0.15, -0.1) is 0 Å². The van der Waals surface area contributed by atoms with Crippen LogP contribution in [0.25, 0.3) is 11.3 Å². The van der Waals surface area contributed by atoms with Crippen LogP contribution in [0, 0.1) is 17.2 Å². The number of carbonyl (C=O) groups is 1. The third-order valence-electron chi connectivity index (χ3n) is 5.07. The number of nitrogens with two attached hydrogens (primary N) is 1. The highest BCUT2D eigenvalue weighted by molar-refractivity contribution is 6.29. The number of carbonyl (C=O) groups excluding carboxylic acids is 1. The van der Waals surface area contributed by atoms with Crippen molar-refractivity contribution in [3.8, 4) is 17.3 Å². The predicted molar refractivity (Wildman–Crippen MR) is 107 cm³/mol. The Morgan fingerprint density at radius 2 is 1.81 bits per heavy atom. The van der Waals surface area contributed by atoms with E-state index in [9.17, 15) is 30.3 Å². The van der Waals surface area contributed by atoms with E-state index < -0.39 is 34.8 Å². The minimum atomic E-state index is -3.55. The number of rotatable bonds is 4. The summed E-state index contributed by atoms with van der Waals surface area (Å²) in [5.41, 5.74) is -3.06. The summed E-state index contributed by atoms with van der Waals surface area (Å²) in [5, 5.41) is 62.0. The molecule has 1 aliphatic carbocycles. The van der Waals surface area contributed by atoms with Gasteiger partial charge >= 0.3 is 0 Å². The molecule has 12 nitrogen and oxygen atoms in total. The van der Waals surface area contributed by atoms with Crippen molar-refractivity contribution >= 4 is 35.6 Å². The lowest BCUT2D eigenvalue weighted by molar-refractivity contribution is -0.289. The van der Waals surface area contributed by atoms with Crippen LogP contribution in [0.4, 0.5) is 5.82 Å². The summed E-state index contributed by atoms with van der Waals surface area (Å²) < 4.78 is 1.11. The lowest BCUT2D eigenvalue weighted by atomic mass is 9.57. The summed E-state index contributed by atoms with van der Waals surface area (Å²) >= 11 is 0. The van der Waals surface area contributed by atoms with Gasteiger partial charge in [-0.3, -0.25) is 9.48 Å². The standard InChI is InChI=1S/C14H14B3N5O6.C2H3N/c15-11(24)8(12(16,25)14(27,28)13(11,17)26)3-22-2-6(1-21-22)9-7(4-23)10(18)20-5-19-9;1-2-3/h1-2,4-5,8,24-28H,3H2,(H2,18,19,20);1H3. The molecule has 3 rings (SSSR count). The van der Waals surface area contributed by atoms with Crippen molar-refractivity contribution < 1.29 is 30.3 Å². The van der Waals surface area contributed by atoms with Gasteiger partial charge in [0.25, 0.3) is 0 Å². The Labute approximate surface area is 180 Å². The molecule has 31 heavy (non-hydrogen) atoms. The first kappa shape index (κ1) is 24.5. The Kier molecular flexibility index (Phi) is 6.38. The van der Waals surface area contributed by atoms with Gasteiger partial charge in [0.05, 0.1) is 40.0 Å². The van der Waals surface area contributed by atoms with Gasteiger partial charge in [0.1, 0.15) is 35.7 Å². The Morgan fingerprint density at radius 1 is 1.23 bits per heavy atom. The lowest BCUT2D eigenvalue weighted by Crippen LogP contribution is -2.67. The first-order valence-electron chi connectivity index (χ1n) is 8.58. The molecular weight excluding hydrogens is 405 g/mol. The summed E-state index contributed by atoms with van der Waals surface area (Å²) in [7, 11) is 16.5. The second-order valence-corrected chi connectivity index (χ2v) is 6.96. The summed E-state index contributed by atoms with van der Waals surface area (Å²) in [6.45, 7) is 0.930. The number of aromatic nitrogens is 4. The number of anilines is 1. The molecule has 156 valence electrons. The molecular formula is C16H17B3N6O6. The van der Waals surface area contributed by atoms with E-state index in [4.69, 9.17) is 34.5 Å². The average Bonchev–Trinajstić information content (AvgIpc) is 3.16. The predicted octanol–water partition coefficient (Wildman–Crippen LogP) is -3.85. The fourth-order valence-corrected chi connectivity index (χ4v) is 3.24. The van der Waals surface area contributed by atoms with Crippen LogP contribution in [0.15, 0.2) is 18.7 Å². The van der Waals surface area contributed by atoms with Crippen molar-refractivity contribution in [3.63, 3.8) is 0 Å². The van der Waals surface area contributed by atoms with Crippen molar-refractivity contribution in [2.45, 2.75) is 35.8 Å². The van der Waals surface area contributed by atoms with E-state index >= 15 is 0 Å². The Morgan fingerprint density at radius 3 is 2.29 bits per heavy atom. The van der Waals surface area contributed by atoms with Crippen LogP contribution in [0.1, 0.15) is 17.3 Å². The third kappa shape index (κ3) is 3.62. The monoisotopic (exact) mass is 422 g/mol. The van der Waals surface area contributed by atoms with Gasteiger partial charge in [0.2, 0.25) is 5.79 Å². The van der Waals surface area contributed by atoms with Crippen molar-refractivity contribution in [1.82, 2.24) is 19.7 Å². The quantitative estimate of drug-likeness (QED) is 0.160. The maximum atomic E-state index is 11.2. The second kappa shape index (κ2) is 8.06. The van der Waals surface area contributed by atoms with Gasteiger partial charge in [-0.05, 0) is 0 Å². The van der Waals surface area contributed by atoms with Gasteiger partial charge in [0, 0.05) is 31.1 Å². The smallest absolute Gasteiger partial charge is 0.206 e. The third-order valence-corrected chi connectivity index (χ3v) is 5.07. The van der Waals surface area contributed by atoms with Crippen LogP contribution in [0.3, 0.4) is 0 Å². The van der Waals surface area contributed by atoms with Crippen molar-refractivity contribution in [2.75, 3.05) is 5.73 Å². The number of aldehydes is 1. The maximum Gasteiger partial charge on any atom is 0.206 e. The minimum absolute atomic E-state index is 0.0228. The van der Waals surface area contributed by atoms with Crippen LogP contribution in [0.2, 0.25) is 0 Å². The molecule has 0 saturated heterocycles. The van der Waals surface area contributed by atoms with Crippen LogP contribution in [-0.4, -0.2) is 97.4 Å². The largest absolute Gasteiger partial charge is 0.397 e. The zero-order chi connectivity index (χ0) is 23.8. The fraction of sp³-hybridized carbons (Fsp3) is 0.438. The first-order chi connectivity index (χ1) is 14.2. The summed E-state index contributed by atoms with van der Waals surface area (Å²) in [6.07, 6.45) is 4.24. The molecule has 0 aromatic carbocycles. The normalized spacial score (nSPS) is 31.3. The first-order valence-corrected chi connectivity index (χ1v) is 8.58. The molecule has 4 atom stereocenters. The van der Waals surface area contributed by atoms with Gasteiger partial charge in [-0.1, -0.05) is 0 Å². The van der Waals surface area contributed by atoms with E-state index in [0.29, 0.717) is 11.8 Å². The van der Waals surface area contributed by atoms with Crippen molar-refractivity contribution in [3.05, 3.63) is 24.3 Å². The zero-order valence-corrected chi connectivity index (χ0v) is 16.3. The van der Waals surface area contributed by atoms with Crippen molar-refractivity contribution in [2.24, 2.45) is 5.92 Å². The number of nitrogen functional groups attached to an aromatic ring is 1. The maximum absolute atomic E-state index is 11.2. The van der Waals surface area contributed by atoms with Crippen LogP contribution < -0.4 is 5.73 Å². The Bertz CT molecular complexity index is 994. The fourth-order valence-electron chi connectivity index (χ4n) is 3.24. The number of aliphatic hydroxyl groups is 5. The molecule has 0 bridgehead atoms. The minimum Gasteiger partial charge on any atom is -0.397 e. The van der Waals surface area contributed by atoms with Gasteiger partial charge < -0.3 is 31.3 Å². The second-order valence-electron chi connectivity index (χ2n) is 6.96. The highest BCUT2D eigenvalue weighted by atomic mass is 16.6. The van der Waals surface area contributed by atoms with Crippen LogP contribution in [0.5, 0.6) is 0 Å². The SMILES string of the molecule is CC#N.[B]C1(O)C(Cn2cc(-c3ncnc(N)c3C=O)cn2)C([B])(O)C(O)(O)C1([B])O. The topological polar surface area (TPSA) is 212 Å². The molecule has 0 spiro atoms. The molecule has 2 aromatic heterocycles. The van der Waals surface area contributed by atoms with E-state index in [2.05, 4.69) is 15.1 Å². The summed E-state index contributed by atoms with van der Waals surface area (Å²) in [5.74, 6) is -5.37. The molecule has 2 heterocycles. The molecule has 1 saturated carbocycles. The van der Waals surface area contributed by atoms with Gasteiger partial charge in [0.15, 0.2) is 6.29 Å². The molecule has 2 aromatic rings. The van der Waals surface area contributed by atoms with E-state index in [1.165, 1.54) is 19.3 Å².